The third-order valence-corrected chi connectivity index (χ3v) is 3.10. The first-order valence-electron chi connectivity index (χ1n) is 4.89. The van der Waals surface area contributed by atoms with Gasteiger partial charge in [0.1, 0.15) is 0 Å². The van der Waals surface area contributed by atoms with Gasteiger partial charge in [0.2, 0.25) is 0 Å². The summed E-state index contributed by atoms with van der Waals surface area (Å²) in [4.78, 5) is 1.18. The van der Waals surface area contributed by atoms with Gasteiger partial charge in [-0.1, -0.05) is 29.8 Å². The largest absolute Gasteiger partial charge is 0.306 e. The molecule has 2 heteroatoms. The molecule has 0 amide bonds. The molecule has 0 N–H and O–H groups in total. The summed E-state index contributed by atoms with van der Waals surface area (Å²) < 4.78 is 5.68. The fraction of sp³-hybridized carbons (Fsp3) is 0.333. The zero-order valence-corrected chi connectivity index (χ0v) is 9.09. The minimum absolute atomic E-state index is 0.376. The van der Waals surface area contributed by atoms with Crippen molar-refractivity contribution in [1.82, 2.24) is 0 Å². The standard InChI is InChI=1S/C12H14OS/c1-10-6-8-12(9-7-10)14-13-11-4-2-3-5-11/h2-3,6-9,11H,4-5H2,1H3. The molecule has 0 saturated heterocycles. The summed E-state index contributed by atoms with van der Waals surface area (Å²) in [5.74, 6) is 0. The van der Waals surface area contributed by atoms with Crippen LogP contribution in [0.2, 0.25) is 0 Å². The second-order valence-corrected chi connectivity index (χ2v) is 4.39. The minimum Gasteiger partial charge on any atom is -0.306 e. The summed E-state index contributed by atoms with van der Waals surface area (Å²) in [6.45, 7) is 2.09. The maximum Gasteiger partial charge on any atom is 0.0795 e. The van der Waals surface area contributed by atoms with E-state index in [1.807, 2.05) is 0 Å². The Labute approximate surface area is 89.4 Å². The van der Waals surface area contributed by atoms with Crippen molar-refractivity contribution >= 4 is 12.0 Å². The minimum atomic E-state index is 0.376. The molecule has 74 valence electrons. The van der Waals surface area contributed by atoms with Crippen LogP contribution in [-0.2, 0) is 4.18 Å². The second kappa shape index (κ2) is 4.67. The van der Waals surface area contributed by atoms with Gasteiger partial charge in [0.25, 0.3) is 0 Å². The second-order valence-electron chi connectivity index (χ2n) is 3.56. The van der Waals surface area contributed by atoms with Crippen LogP contribution in [0.5, 0.6) is 0 Å². The van der Waals surface area contributed by atoms with Gasteiger partial charge in [-0.05, 0) is 31.9 Å². The average Bonchev–Trinajstić information content (AvgIpc) is 2.70. The van der Waals surface area contributed by atoms with Gasteiger partial charge in [-0.15, -0.1) is 0 Å². The van der Waals surface area contributed by atoms with Crippen LogP contribution in [0.3, 0.4) is 0 Å². The van der Waals surface area contributed by atoms with Crippen LogP contribution in [0, 0.1) is 6.92 Å². The number of hydrogen-bond acceptors (Lipinski definition) is 2. The van der Waals surface area contributed by atoms with Gasteiger partial charge >= 0.3 is 0 Å². The molecule has 0 aromatic heterocycles. The van der Waals surface area contributed by atoms with Crippen LogP contribution in [-0.4, -0.2) is 6.10 Å². The highest BCUT2D eigenvalue weighted by Crippen LogP contribution is 2.25. The monoisotopic (exact) mass is 206 g/mol. The molecule has 1 nitrogen and oxygen atoms in total. The normalized spacial score (nSPS) is 16.4. The van der Waals surface area contributed by atoms with Crippen molar-refractivity contribution in [3.8, 4) is 0 Å². The molecule has 0 unspecified atom stereocenters. The molecule has 0 aliphatic heterocycles. The van der Waals surface area contributed by atoms with Crippen LogP contribution < -0.4 is 0 Å². The lowest BCUT2D eigenvalue weighted by Crippen LogP contribution is -2.01. The molecular formula is C12H14OS. The van der Waals surface area contributed by atoms with Gasteiger partial charge in [0.05, 0.1) is 6.10 Å². The summed E-state index contributed by atoms with van der Waals surface area (Å²) in [6.07, 6.45) is 6.85. The summed E-state index contributed by atoms with van der Waals surface area (Å²) >= 11 is 1.49. The van der Waals surface area contributed by atoms with E-state index in [0.717, 1.165) is 12.8 Å². The lowest BCUT2D eigenvalue weighted by molar-refractivity contribution is 0.259. The first kappa shape index (κ1) is 9.81. The number of hydrogen-bond donors (Lipinski definition) is 0. The Hall–Kier alpha value is -0.730. The van der Waals surface area contributed by atoms with Crippen molar-refractivity contribution in [2.75, 3.05) is 0 Å². The first-order valence-corrected chi connectivity index (χ1v) is 5.64. The molecule has 0 heterocycles. The van der Waals surface area contributed by atoms with E-state index in [1.54, 1.807) is 0 Å². The lowest BCUT2D eigenvalue weighted by Gasteiger charge is -2.08. The molecule has 1 aliphatic carbocycles. The van der Waals surface area contributed by atoms with Crippen LogP contribution in [0.1, 0.15) is 18.4 Å². The Balaban J connectivity index is 1.82. The Kier molecular flexibility index (Phi) is 3.27. The fourth-order valence-corrected chi connectivity index (χ4v) is 2.04. The quantitative estimate of drug-likeness (QED) is 0.550. The Morgan fingerprint density at radius 2 is 1.79 bits per heavy atom. The third-order valence-electron chi connectivity index (χ3n) is 2.27. The highest BCUT2D eigenvalue weighted by Gasteiger charge is 2.10. The summed E-state index contributed by atoms with van der Waals surface area (Å²) in [7, 11) is 0. The molecule has 1 aromatic carbocycles. The molecule has 2 rings (SSSR count). The van der Waals surface area contributed by atoms with Gasteiger partial charge in [-0.3, -0.25) is 0 Å². The topological polar surface area (TPSA) is 9.23 Å². The van der Waals surface area contributed by atoms with Crippen molar-refractivity contribution in [3.05, 3.63) is 42.0 Å². The molecule has 1 aliphatic rings. The van der Waals surface area contributed by atoms with E-state index in [4.69, 9.17) is 4.18 Å². The maximum absolute atomic E-state index is 5.68. The molecule has 0 saturated carbocycles. The van der Waals surface area contributed by atoms with E-state index >= 15 is 0 Å². The summed E-state index contributed by atoms with van der Waals surface area (Å²) in [5, 5.41) is 0. The molecule has 14 heavy (non-hydrogen) atoms. The maximum atomic E-state index is 5.68. The highest BCUT2D eigenvalue weighted by atomic mass is 32.2. The fourth-order valence-electron chi connectivity index (χ4n) is 1.39. The molecular weight excluding hydrogens is 192 g/mol. The zero-order valence-electron chi connectivity index (χ0n) is 8.27. The van der Waals surface area contributed by atoms with Crippen LogP contribution in [0.25, 0.3) is 0 Å². The van der Waals surface area contributed by atoms with Crippen molar-refractivity contribution in [2.24, 2.45) is 0 Å². The first-order chi connectivity index (χ1) is 6.84. The zero-order chi connectivity index (χ0) is 9.80. The molecule has 0 fully saturated rings. The van der Waals surface area contributed by atoms with Gasteiger partial charge in [0.15, 0.2) is 0 Å². The van der Waals surface area contributed by atoms with Crippen molar-refractivity contribution < 1.29 is 4.18 Å². The van der Waals surface area contributed by atoms with E-state index in [1.165, 1.54) is 22.5 Å². The highest BCUT2D eigenvalue weighted by molar-refractivity contribution is 7.94. The molecule has 0 bridgehead atoms. The van der Waals surface area contributed by atoms with Gasteiger partial charge in [0, 0.05) is 16.9 Å². The Bertz CT molecular complexity index is 308. The predicted octanol–water partition coefficient (Wildman–Crippen LogP) is 3.74. The van der Waals surface area contributed by atoms with Crippen LogP contribution >= 0.6 is 12.0 Å². The van der Waals surface area contributed by atoms with E-state index < -0.39 is 0 Å². The number of aryl methyl sites for hydroxylation is 1. The third kappa shape index (κ3) is 2.63. The van der Waals surface area contributed by atoms with E-state index in [0.29, 0.717) is 6.10 Å². The predicted molar refractivity (Wildman–Crippen MR) is 60.3 cm³/mol. The van der Waals surface area contributed by atoms with Crippen LogP contribution in [0.15, 0.2) is 41.3 Å². The van der Waals surface area contributed by atoms with E-state index in [9.17, 15) is 0 Å². The van der Waals surface area contributed by atoms with Gasteiger partial charge < -0.3 is 4.18 Å². The smallest absolute Gasteiger partial charge is 0.0795 e. The van der Waals surface area contributed by atoms with Crippen molar-refractivity contribution in [2.45, 2.75) is 30.8 Å². The lowest BCUT2D eigenvalue weighted by atomic mass is 10.2. The van der Waals surface area contributed by atoms with E-state index in [2.05, 4.69) is 43.3 Å². The summed E-state index contributed by atoms with van der Waals surface area (Å²) in [6, 6.07) is 8.42. The van der Waals surface area contributed by atoms with Gasteiger partial charge in [-0.25, -0.2) is 0 Å². The average molecular weight is 206 g/mol. The Morgan fingerprint density at radius 1 is 1.14 bits per heavy atom. The molecule has 0 spiro atoms. The number of benzene rings is 1. The number of rotatable bonds is 3. The summed E-state index contributed by atoms with van der Waals surface area (Å²) in [5.41, 5.74) is 1.29. The molecule has 1 aromatic rings. The van der Waals surface area contributed by atoms with Crippen molar-refractivity contribution in [3.63, 3.8) is 0 Å². The van der Waals surface area contributed by atoms with Crippen LogP contribution in [0.4, 0.5) is 0 Å². The van der Waals surface area contributed by atoms with E-state index in [-0.39, 0.29) is 0 Å². The molecule has 0 atom stereocenters. The SMILES string of the molecule is Cc1ccc(SOC2CC=CC2)cc1. The van der Waals surface area contributed by atoms with Gasteiger partial charge in [-0.2, -0.15) is 0 Å². The Morgan fingerprint density at radius 3 is 2.43 bits per heavy atom. The van der Waals surface area contributed by atoms with Crippen molar-refractivity contribution in [1.29, 1.82) is 0 Å². The molecule has 0 radical (unpaired) electrons.